The van der Waals surface area contributed by atoms with Crippen molar-refractivity contribution in [3.63, 3.8) is 0 Å². The van der Waals surface area contributed by atoms with E-state index in [1.165, 1.54) is 23.5 Å². The van der Waals surface area contributed by atoms with Gasteiger partial charge in [-0.15, -0.1) is 11.3 Å². The SMILES string of the molecule is COC[C@H](C)NC(=O)c1sc(COc2ccc(F)cc2)nc1C. The van der Waals surface area contributed by atoms with Crippen LogP contribution in [0, 0.1) is 12.7 Å². The van der Waals surface area contributed by atoms with Gasteiger partial charge in [-0.2, -0.15) is 0 Å². The lowest BCUT2D eigenvalue weighted by Gasteiger charge is -2.11. The molecule has 124 valence electrons. The molecule has 1 amide bonds. The minimum absolute atomic E-state index is 0.0760. The second-order valence-electron chi connectivity index (χ2n) is 5.09. The number of hydrogen-bond acceptors (Lipinski definition) is 5. The number of hydrogen-bond donors (Lipinski definition) is 1. The predicted octanol–water partition coefficient (Wildman–Crippen LogP) is 2.93. The predicted molar refractivity (Wildman–Crippen MR) is 86.4 cm³/mol. The van der Waals surface area contributed by atoms with Crippen molar-refractivity contribution < 1.29 is 18.7 Å². The second-order valence-corrected chi connectivity index (χ2v) is 6.18. The standard InChI is InChI=1S/C16H19FN2O3S/c1-10(8-21-3)18-16(20)15-11(2)19-14(23-15)9-22-13-6-4-12(17)5-7-13/h4-7,10H,8-9H2,1-3H3,(H,18,20)/t10-/m0/s1. The Hall–Kier alpha value is -1.99. The molecule has 0 radical (unpaired) electrons. The number of rotatable bonds is 7. The summed E-state index contributed by atoms with van der Waals surface area (Å²) in [7, 11) is 1.59. The number of methoxy groups -OCH3 is 1. The summed E-state index contributed by atoms with van der Waals surface area (Å²) in [4.78, 5) is 17.1. The highest BCUT2D eigenvalue weighted by Crippen LogP contribution is 2.20. The zero-order valence-electron chi connectivity index (χ0n) is 13.3. The van der Waals surface area contributed by atoms with Crippen LogP contribution in [0.4, 0.5) is 4.39 Å². The van der Waals surface area contributed by atoms with E-state index in [1.807, 2.05) is 6.92 Å². The summed E-state index contributed by atoms with van der Waals surface area (Å²) in [5.41, 5.74) is 0.662. The van der Waals surface area contributed by atoms with Crippen LogP contribution in [0.25, 0.3) is 0 Å². The molecule has 0 bridgehead atoms. The van der Waals surface area contributed by atoms with Gasteiger partial charge in [0.1, 0.15) is 28.1 Å². The third kappa shape index (κ3) is 5.01. The van der Waals surface area contributed by atoms with Gasteiger partial charge >= 0.3 is 0 Å². The van der Waals surface area contributed by atoms with Gasteiger partial charge < -0.3 is 14.8 Å². The van der Waals surface area contributed by atoms with E-state index in [4.69, 9.17) is 9.47 Å². The summed E-state index contributed by atoms with van der Waals surface area (Å²) in [6.45, 7) is 4.34. The maximum Gasteiger partial charge on any atom is 0.263 e. The molecule has 1 heterocycles. The number of carbonyl (C=O) groups is 1. The molecular formula is C16H19FN2O3S. The summed E-state index contributed by atoms with van der Waals surface area (Å²) in [6.07, 6.45) is 0. The molecular weight excluding hydrogens is 319 g/mol. The largest absolute Gasteiger partial charge is 0.486 e. The van der Waals surface area contributed by atoms with Crippen LogP contribution >= 0.6 is 11.3 Å². The highest BCUT2D eigenvalue weighted by molar-refractivity contribution is 7.13. The third-order valence-electron chi connectivity index (χ3n) is 3.02. The van der Waals surface area contributed by atoms with Crippen molar-refractivity contribution in [1.82, 2.24) is 10.3 Å². The maximum atomic E-state index is 12.8. The van der Waals surface area contributed by atoms with Gasteiger partial charge in [-0.3, -0.25) is 4.79 Å². The van der Waals surface area contributed by atoms with Gasteiger partial charge in [-0.1, -0.05) is 0 Å². The second kappa shape index (κ2) is 8.03. The van der Waals surface area contributed by atoms with Crippen molar-refractivity contribution in [2.24, 2.45) is 0 Å². The first-order valence-electron chi connectivity index (χ1n) is 7.14. The van der Waals surface area contributed by atoms with Crippen molar-refractivity contribution in [3.8, 4) is 5.75 Å². The highest BCUT2D eigenvalue weighted by Gasteiger charge is 2.17. The van der Waals surface area contributed by atoms with Crippen LogP contribution in [0.1, 0.15) is 27.3 Å². The van der Waals surface area contributed by atoms with Crippen molar-refractivity contribution >= 4 is 17.2 Å². The van der Waals surface area contributed by atoms with Gasteiger partial charge in [-0.05, 0) is 38.1 Å². The molecule has 23 heavy (non-hydrogen) atoms. The average Bonchev–Trinajstić information content (AvgIpc) is 2.88. The van der Waals surface area contributed by atoms with E-state index < -0.39 is 0 Å². The van der Waals surface area contributed by atoms with E-state index in [2.05, 4.69) is 10.3 Å². The Morgan fingerprint density at radius 2 is 2.09 bits per heavy atom. The average molecular weight is 338 g/mol. The van der Waals surface area contributed by atoms with Crippen molar-refractivity contribution in [2.75, 3.05) is 13.7 Å². The molecule has 0 saturated heterocycles. The summed E-state index contributed by atoms with van der Waals surface area (Å²) < 4.78 is 23.4. The summed E-state index contributed by atoms with van der Waals surface area (Å²) in [5, 5.41) is 3.55. The van der Waals surface area contributed by atoms with Crippen LogP contribution in [0.5, 0.6) is 5.75 Å². The van der Waals surface area contributed by atoms with Crippen LogP contribution in [-0.2, 0) is 11.3 Å². The van der Waals surface area contributed by atoms with Crippen LogP contribution in [0.15, 0.2) is 24.3 Å². The molecule has 0 aliphatic heterocycles. The molecule has 0 aliphatic rings. The van der Waals surface area contributed by atoms with Crippen LogP contribution in [0.2, 0.25) is 0 Å². The van der Waals surface area contributed by atoms with Crippen molar-refractivity contribution in [1.29, 1.82) is 0 Å². The monoisotopic (exact) mass is 338 g/mol. The van der Waals surface area contributed by atoms with Gasteiger partial charge in [0.2, 0.25) is 0 Å². The van der Waals surface area contributed by atoms with E-state index in [-0.39, 0.29) is 24.4 Å². The van der Waals surface area contributed by atoms with E-state index in [0.29, 0.717) is 27.9 Å². The number of benzene rings is 1. The summed E-state index contributed by atoms with van der Waals surface area (Å²) >= 11 is 1.29. The first-order valence-corrected chi connectivity index (χ1v) is 7.95. The Labute approximate surface area is 138 Å². The number of aromatic nitrogens is 1. The van der Waals surface area contributed by atoms with Gasteiger partial charge in [0.25, 0.3) is 5.91 Å². The third-order valence-corrected chi connectivity index (χ3v) is 4.15. The van der Waals surface area contributed by atoms with Crippen LogP contribution in [-0.4, -0.2) is 30.6 Å². The molecule has 0 unspecified atom stereocenters. The number of nitrogens with zero attached hydrogens (tertiary/aromatic N) is 1. The molecule has 0 aliphatic carbocycles. The molecule has 0 fully saturated rings. The number of nitrogens with one attached hydrogen (secondary N) is 1. The summed E-state index contributed by atoms with van der Waals surface area (Å²) in [5.74, 6) is 0.0723. The van der Waals surface area contributed by atoms with Gasteiger partial charge in [-0.25, -0.2) is 9.37 Å². The molecule has 2 rings (SSSR count). The number of carbonyl (C=O) groups excluding carboxylic acids is 1. The lowest BCUT2D eigenvalue weighted by molar-refractivity contribution is 0.0909. The number of amides is 1. The fourth-order valence-corrected chi connectivity index (χ4v) is 2.86. The Kier molecular flexibility index (Phi) is 6.06. The first kappa shape index (κ1) is 17.4. The number of aryl methyl sites for hydroxylation is 1. The van der Waals surface area contributed by atoms with E-state index in [1.54, 1.807) is 26.2 Å². The minimum Gasteiger partial charge on any atom is -0.486 e. The molecule has 1 aromatic heterocycles. The molecule has 0 saturated carbocycles. The maximum absolute atomic E-state index is 12.8. The normalized spacial score (nSPS) is 12.0. The fourth-order valence-electron chi connectivity index (χ4n) is 1.98. The summed E-state index contributed by atoms with van der Waals surface area (Å²) in [6, 6.07) is 5.69. The number of halogens is 1. The van der Waals surface area contributed by atoms with E-state index in [9.17, 15) is 9.18 Å². The Balaban J connectivity index is 1.97. The molecule has 0 spiro atoms. The lowest BCUT2D eigenvalue weighted by Crippen LogP contribution is -2.35. The Bertz CT molecular complexity index is 658. The van der Waals surface area contributed by atoms with Crippen molar-refractivity contribution in [2.45, 2.75) is 26.5 Å². The van der Waals surface area contributed by atoms with E-state index in [0.717, 1.165) is 0 Å². The molecule has 5 nitrogen and oxygen atoms in total. The minimum atomic E-state index is -0.313. The molecule has 1 aromatic carbocycles. The molecule has 1 atom stereocenters. The lowest BCUT2D eigenvalue weighted by atomic mass is 10.3. The van der Waals surface area contributed by atoms with Crippen LogP contribution < -0.4 is 10.1 Å². The van der Waals surface area contributed by atoms with Crippen LogP contribution in [0.3, 0.4) is 0 Å². The highest BCUT2D eigenvalue weighted by atomic mass is 32.1. The smallest absolute Gasteiger partial charge is 0.263 e. The zero-order valence-corrected chi connectivity index (χ0v) is 14.1. The first-order chi connectivity index (χ1) is 11.0. The number of ether oxygens (including phenoxy) is 2. The fraction of sp³-hybridized carbons (Fsp3) is 0.375. The Morgan fingerprint density at radius 3 is 2.74 bits per heavy atom. The quantitative estimate of drug-likeness (QED) is 0.843. The van der Waals surface area contributed by atoms with Crippen molar-refractivity contribution in [3.05, 3.63) is 45.7 Å². The molecule has 7 heteroatoms. The zero-order chi connectivity index (χ0) is 16.8. The topological polar surface area (TPSA) is 60.5 Å². The van der Waals surface area contributed by atoms with Gasteiger partial charge in [0.15, 0.2) is 0 Å². The molecule has 1 N–H and O–H groups in total. The van der Waals surface area contributed by atoms with E-state index >= 15 is 0 Å². The van der Waals surface area contributed by atoms with Gasteiger partial charge in [0, 0.05) is 13.2 Å². The molecule has 2 aromatic rings. The number of thiazole rings is 1. The Morgan fingerprint density at radius 1 is 1.39 bits per heavy atom. The van der Waals surface area contributed by atoms with Gasteiger partial charge in [0.05, 0.1) is 12.3 Å².